The minimum Gasteiger partial charge on any atom is -0.492 e. The van der Waals surface area contributed by atoms with E-state index in [-0.39, 0.29) is 36.9 Å². The molecule has 1 heterocycles. The fourth-order valence-corrected chi connectivity index (χ4v) is 2.64. The van der Waals surface area contributed by atoms with Gasteiger partial charge in [0.05, 0.1) is 37.5 Å². The Morgan fingerprint density at radius 1 is 1.44 bits per heavy atom. The number of anilines is 1. The lowest BCUT2D eigenvalue weighted by atomic mass is 10.2. The third-order valence-electron chi connectivity index (χ3n) is 3.62. The van der Waals surface area contributed by atoms with Gasteiger partial charge in [-0.05, 0) is 24.6 Å². The fourth-order valence-electron chi connectivity index (χ4n) is 2.40. The first-order valence-corrected chi connectivity index (χ1v) is 8.30. The quantitative estimate of drug-likeness (QED) is 0.680. The molecule has 1 aromatic rings. The maximum atomic E-state index is 12.5. The second-order valence-electron chi connectivity index (χ2n) is 5.41. The summed E-state index contributed by atoms with van der Waals surface area (Å²) in [5, 5.41) is 12.4. The van der Waals surface area contributed by atoms with Crippen LogP contribution in [0.5, 0.6) is 5.75 Å². The number of halogens is 1. The first kappa shape index (κ1) is 19.1. The molecule has 1 aliphatic rings. The van der Waals surface area contributed by atoms with E-state index in [4.69, 9.17) is 26.2 Å². The van der Waals surface area contributed by atoms with Crippen LogP contribution in [0.1, 0.15) is 13.3 Å². The van der Waals surface area contributed by atoms with Crippen LogP contribution in [0.15, 0.2) is 29.5 Å². The molecule has 0 aromatic heterocycles. The molecule has 8 heteroatoms. The molecule has 0 aliphatic carbocycles. The van der Waals surface area contributed by atoms with Gasteiger partial charge in [0.25, 0.3) is 5.91 Å². The molecule has 0 fully saturated rings. The van der Waals surface area contributed by atoms with E-state index >= 15 is 0 Å². The highest BCUT2D eigenvalue weighted by Gasteiger charge is 2.34. The first-order valence-electron chi connectivity index (χ1n) is 7.92. The lowest BCUT2D eigenvalue weighted by Crippen LogP contribution is -2.31. The number of benzene rings is 1. The summed E-state index contributed by atoms with van der Waals surface area (Å²) in [6.07, 6.45) is 0.862. The van der Waals surface area contributed by atoms with Crippen LogP contribution in [-0.2, 0) is 14.3 Å². The van der Waals surface area contributed by atoms with Crippen LogP contribution in [0.2, 0.25) is 5.02 Å². The summed E-state index contributed by atoms with van der Waals surface area (Å²) in [6.45, 7) is 2.57. The number of nitrogens with one attached hydrogen (secondary N) is 1. The molecule has 0 atom stereocenters. The molecule has 0 saturated carbocycles. The van der Waals surface area contributed by atoms with Crippen molar-refractivity contribution in [1.82, 2.24) is 4.90 Å². The standard InChI is InChI=1S/C17H21ClN2O5/c1-3-8-25-14-5-4-11(9-13(14)18)19-15-12(17(23)24-2)10-20(6-7-21)16(15)22/h4-5,9,19,21H,3,6-8,10H2,1-2H3. The Morgan fingerprint density at radius 3 is 2.80 bits per heavy atom. The number of carbonyl (C=O) groups is 2. The summed E-state index contributed by atoms with van der Waals surface area (Å²) in [4.78, 5) is 25.8. The largest absolute Gasteiger partial charge is 0.492 e. The van der Waals surface area contributed by atoms with E-state index in [0.29, 0.717) is 23.1 Å². The molecule has 2 N–H and O–H groups in total. The highest BCUT2D eigenvalue weighted by molar-refractivity contribution is 6.32. The number of esters is 1. The van der Waals surface area contributed by atoms with Gasteiger partial charge in [0.2, 0.25) is 0 Å². The Morgan fingerprint density at radius 2 is 2.20 bits per heavy atom. The van der Waals surface area contributed by atoms with Crippen molar-refractivity contribution in [3.05, 3.63) is 34.5 Å². The average molecular weight is 369 g/mol. The van der Waals surface area contributed by atoms with Gasteiger partial charge in [-0.2, -0.15) is 0 Å². The Balaban J connectivity index is 2.24. The highest BCUT2D eigenvalue weighted by Crippen LogP contribution is 2.30. The zero-order chi connectivity index (χ0) is 18.4. The normalized spacial score (nSPS) is 14.1. The van der Waals surface area contributed by atoms with E-state index in [1.54, 1.807) is 18.2 Å². The fraction of sp³-hybridized carbons (Fsp3) is 0.412. The van der Waals surface area contributed by atoms with E-state index in [1.807, 2.05) is 6.92 Å². The summed E-state index contributed by atoms with van der Waals surface area (Å²) in [5.74, 6) is -0.418. The second kappa shape index (κ2) is 8.73. The van der Waals surface area contributed by atoms with Crippen LogP contribution in [-0.4, -0.2) is 55.3 Å². The summed E-state index contributed by atoms with van der Waals surface area (Å²) in [7, 11) is 1.25. The van der Waals surface area contributed by atoms with Gasteiger partial charge in [-0.1, -0.05) is 18.5 Å². The number of carbonyl (C=O) groups excluding carboxylic acids is 2. The molecule has 1 amide bonds. The zero-order valence-corrected chi connectivity index (χ0v) is 14.9. The number of methoxy groups -OCH3 is 1. The van der Waals surface area contributed by atoms with Crippen molar-refractivity contribution in [3.63, 3.8) is 0 Å². The number of hydrogen-bond acceptors (Lipinski definition) is 6. The van der Waals surface area contributed by atoms with Crippen molar-refractivity contribution in [1.29, 1.82) is 0 Å². The average Bonchev–Trinajstić information content (AvgIpc) is 2.90. The Labute approximate surface area is 151 Å². The first-order chi connectivity index (χ1) is 12.0. The predicted octanol–water partition coefficient (Wildman–Crippen LogP) is 1.80. The summed E-state index contributed by atoms with van der Waals surface area (Å²) in [6, 6.07) is 5.03. The van der Waals surface area contributed by atoms with Crippen molar-refractivity contribution >= 4 is 29.2 Å². The lowest BCUT2D eigenvalue weighted by molar-refractivity contribution is -0.136. The van der Waals surface area contributed by atoms with Gasteiger partial charge in [-0.3, -0.25) is 4.79 Å². The van der Waals surface area contributed by atoms with Gasteiger partial charge in [0.15, 0.2) is 0 Å². The molecular weight excluding hydrogens is 348 g/mol. The number of amides is 1. The Hall–Kier alpha value is -2.25. The van der Waals surface area contributed by atoms with Crippen LogP contribution < -0.4 is 10.1 Å². The smallest absolute Gasteiger partial charge is 0.337 e. The van der Waals surface area contributed by atoms with Crippen LogP contribution >= 0.6 is 11.6 Å². The molecule has 1 aromatic carbocycles. The van der Waals surface area contributed by atoms with Crippen molar-refractivity contribution in [2.45, 2.75) is 13.3 Å². The minimum absolute atomic E-state index is 0.0832. The topological polar surface area (TPSA) is 88.1 Å². The summed E-state index contributed by atoms with van der Waals surface area (Å²) >= 11 is 6.19. The monoisotopic (exact) mass is 368 g/mol. The third kappa shape index (κ3) is 4.43. The van der Waals surface area contributed by atoms with Crippen molar-refractivity contribution in [3.8, 4) is 5.75 Å². The Bertz CT molecular complexity index is 690. The number of hydrogen-bond donors (Lipinski definition) is 2. The van der Waals surface area contributed by atoms with E-state index in [1.165, 1.54) is 12.0 Å². The zero-order valence-electron chi connectivity index (χ0n) is 14.2. The summed E-state index contributed by atoms with van der Waals surface area (Å²) < 4.78 is 10.2. The van der Waals surface area contributed by atoms with Gasteiger partial charge in [0, 0.05) is 12.2 Å². The molecule has 25 heavy (non-hydrogen) atoms. The third-order valence-corrected chi connectivity index (χ3v) is 3.91. The molecular formula is C17H21ClN2O5. The number of aliphatic hydroxyl groups is 1. The maximum Gasteiger partial charge on any atom is 0.337 e. The number of nitrogens with zero attached hydrogens (tertiary/aromatic N) is 1. The lowest BCUT2D eigenvalue weighted by Gasteiger charge is -2.15. The van der Waals surface area contributed by atoms with Gasteiger partial charge in [0.1, 0.15) is 11.4 Å². The highest BCUT2D eigenvalue weighted by atomic mass is 35.5. The van der Waals surface area contributed by atoms with Gasteiger partial charge >= 0.3 is 5.97 Å². The number of rotatable bonds is 8. The van der Waals surface area contributed by atoms with E-state index in [9.17, 15) is 9.59 Å². The Kier molecular flexibility index (Phi) is 6.66. The maximum absolute atomic E-state index is 12.5. The number of ether oxygens (including phenoxy) is 2. The molecule has 136 valence electrons. The van der Waals surface area contributed by atoms with Crippen LogP contribution in [0.25, 0.3) is 0 Å². The summed E-state index contributed by atoms with van der Waals surface area (Å²) in [5.41, 5.74) is 0.881. The van der Waals surface area contributed by atoms with Gasteiger partial charge < -0.3 is 24.8 Å². The molecule has 0 spiro atoms. The van der Waals surface area contributed by atoms with Crippen molar-refractivity contribution in [2.24, 2.45) is 0 Å². The van der Waals surface area contributed by atoms with Crippen LogP contribution in [0.4, 0.5) is 5.69 Å². The minimum atomic E-state index is -0.592. The van der Waals surface area contributed by atoms with Crippen molar-refractivity contribution in [2.75, 3.05) is 38.7 Å². The van der Waals surface area contributed by atoms with Crippen LogP contribution in [0, 0.1) is 0 Å². The molecule has 0 radical (unpaired) electrons. The van der Waals surface area contributed by atoms with E-state index < -0.39 is 5.97 Å². The van der Waals surface area contributed by atoms with Crippen molar-refractivity contribution < 1.29 is 24.2 Å². The molecule has 0 bridgehead atoms. The van der Waals surface area contributed by atoms with E-state index in [2.05, 4.69) is 5.32 Å². The van der Waals surface area contributed by atoms with Gasteiger partial charge in [-0.25, -0.2) is 4.79 Å². The molecule has 0 unspecified atom stereocenters. The number of β-amino-alcohol motifs (C(OH)–C–C–N with tert-alkyl or cyclic N) is 1. The second-order valence-corrected chi connectivity index (χ2v) is 5.82. The molecule has 1 aliphatic heterocycles. The predicted molar refractivity (Wildman–Crippen MR) is 93.6 cm³/mol. The van der Waals surface area contributed by atoms with Crippen LogP contribution in [0.3, 0.4) is 0 Å². The number of aliphatic hydroxyl groups excluding tert-OH is 1. The molecule has 0 saturated heterocycles. The molecule has 2 rings (SSSR count). The van der Waals surface area contributed by atoms with E-state index in [0.717, 1.165) is 6.42 Å². The van der Waals surface area contributed by atoms with Gasteiger partial charge in [-0.15, -0.1) is 0 Å². The SMILES string of the molecule is CCCOc1ccc(NC2=C(C(=O)OC)CN(CCO)C2=O)cc1Cl. The molecule has 7 nitrogen and oxygen atoms in total.